The molecular weight excluding hydrogens is 244 g/mol. The minimum Gasteiger partial charge on any atom is -0.381 e. The maximum Gasteiger partial charge on any atom is 0.0985 e. The van der Waals surface area contributed by atoms with Gasteiger partial charge in [0.1, 0.15) is 0 Å². The van der Waals surface area contributed by atoms with E-state index in [1.54, 1.807) is 0 Å². The van der Waals surface area contributed by atoms with Crippen molar-refractivity contribution in [2.75, 3.05) is 19.8 Å². The van der Waals surface area contributed by atoms with Gasteiger partial charge in [-0.05, 0) is 32.2 Å². The zero-order chi connectivity index (χ0) is 12.8. The molecule has 1 N–H and O–H groups in total. The Kier molecular flexibility index (Phi) is 5.60. The van der Waals surface area contributed by atoms with Crippen molar-refractivity contribution in [3.63, 3.8) is 0 Å². The first kappa shape index (κ1) is 14.0. The van der Waals surface area contributed by atoms with Crippen molar-refractivity contribution in [1.82, 2.24) is 10.3 Å². The standard InChI is InChI=1S/C14H24N2OS/c1-3-7-15-9-13-12(4-2)16-14(18-13)11-6-5-8-17-10-11/h11,15H,3-10H2,1-2H3. The van der Waals surface area contributed by atoms with Gasteiger partial charge in [-0.2, -0.15) is 0 Å². The Morgan fingerprint density at radius 1 is 1.44 bits per heavy atom. The summed E-state index contributed by atoms with van der Waals surface area (Å²) < 4.78 is 5.57. The van der Waals surface area contributed by atoms with Gasteiger partial charge < -0.3 is 10.1 Å². The van der Waals surface area contributed by atoms with Gasteiger partial charge in [0.25, 0.3) is 0 Å². The van der Waals surface area contributed by atoms with Crippen LogP contribution in [0.25, 0.3) is 0 Å². The molecule has 102 valence electrons. The SMILES string of the molecule is CCCNCc1sc(C2CCCOC2)nc1CC. The predicted octanol–water partition coefficient (Wildman–Crippen LogP) is 3.10. The molecule has 0 aliphatic carbocycles. The second-order valence-corrected chi connectivity index (χ2v) is 5.98. The Morgan fingerprint density at radius 2 is 2.33 bits per heavy atom. The Labute approximate surface area is 114 Å². The third-order valence-electron chi connectivity index (χ3n) is 3.35. The summed E-state index contributed by atoms with van der Waals surface area (Å²) in [5.41, 5.74) is 1.28. The quantitative estimate of drug-likeness (QED) is 0.805. The van der Waals surface area contributed by atoms with Crippen LogP contribution in [-0.4, -0.2) is 24.7 Å². The zero-order valence-electron chi connectivity index (χ0n) is 11.5. The average Bonchev–Trinajstić information content (AvgIpc) is 2.83. The molecule has 0 spiro atoms. The molecule has 2 rings (SSSR count). The molecular formula is C14H24N2OS. The highest BCUT2D eigenvalue weighted by molar-refractivity contribution is 7.11. The van der Waals surface area contributed by atoms with Crippen LogP contribution in [0.2, 0.25) is 0 Å². The van der Waals surface area contributed by atoms with Crippen molar-refractivity contribution in [3.05, 3.63) is 15.6 Å². The Bertz CT molecular complexity index is 359. The fraction of sp³-hybridized carbons (Fsp3) is 0.786. The van der Waals surface area contributed by atoms with Crippen LogP contribution in [0, 0.1) is 0 Å². The predicted molar refractivity (Wildman–Crippen MR) is 76.3 cm³/mol. The number of hydrogen-bond donors (Lipinski definition) is 1. The molecule has 1 fully saturated rings. The number of aromatic nitrogens is 1. The van der Waals surface area contributed by atoms with Crippen LogP contribution in [0.15, 0.2) is 0 Å². The molecule has 3 nitrogen and oxygen atoms in total. The number of aryl methyl sites for hydroxylation is 1. The fourth-order valence-corrected chi connectivity index (χ4v) is 3.55. The van der Waals surface area contributed by atoms with Gasteiger partial charge in [0.15, 0.2) is 0 Å². The molecule has 1 aromatic heterocycles. The van der Waals surface area contributed by atoms with E-state index in [1.807, 2.05) is 11.3 Å². The van der Waals surface area contributed by atoms with Gasteiger partial charge in [-0.25, -0.2) is 4.98 Å². The normalized spacial score (nSPS) is 20.2. The average molecular weight is 268 g/mol. The molecule has 18 heavy (non-hydrogen) atoms. The van der Waals surface area contributed by atoms with Crippen LogP contribution < -0.4 is 5.32 Å². The molecule has 1 aliphatic heterocycles. The summed E-state index contributed by atoms with van der Waals surface area (Å²) in [4.78, 5) is 6.25. The lowest BCUT2D eigenvalue weighted by molar-refractivity contribution is 0.0803. The molecule has 0 aromatic carbocycles. The van der Waals surface area contributed by atoms with Crippen molar-refractivity contribution in [2.45, 2.75) is 52.0 Å². The third kappa shape index (κ3) is 3.53. The van der Waals surface area contributed by atoms with Gasteiger partial charge in [0.05, 0.1) is 17.3 Å². The first-order chi connectivity index (χ1) is 8.85. The van der Waals surface area contributed by atoms with E-state index in [4.69, 9.17) is 9.72 Å². The van der Waals surface area contributed by atoms with E-state index in [0.717, 1.165) is 32.7 Å². The number of rotatable bonds is 6. The van der Waals surface area contributed by atoms with Crippen LogP contribution in [-0.2, 0) is 17.7 Å². The smallest absolute Gasteiger partial charge is 0.0985 e. The topological polar surface area (TPSA) is 34.1 Å². The van der Waals surface area contributed by atoms with E-state index in [1.165, 1.54) is 34.8 Å². The molecule has 4 heteroatoms. The van der Waals surface area contributed by atoms with Crippen LogP contribution >= 0.6 is 11.3 Å². The molecule has 0 saturated carbocycles. The largest absolute Gasteiger partial charge is 0.381 e. The molecule has 2 heterocycles. The minimum absolute atomic E-state index is 0.536. The van der Waals surface area contributed by atoms with Gasteiger partial charge >= 0.3 is 0 Å². The number of hydrogen-bond acceptors (Lipinski definition) is 4. The van der Waals surface area contributed by atoms with Gasteiger partial charge in [-0.15, -0.1) is 11.3 Å². The summed E-state index contributed by atoms with van der Waals surface area (Å²) in [6.07, 6.45) is 4.63. The van der Waals surface area contributed by atoms with Gasteiger partial charge in [-0.3, -0.25) is 0 Å². The maximum atomic E-state index is 5.57. The summed E-state index contributed by atoms with van der Waals surface area (Å²) in [6, 6.07) is 0. The van der Waals surface area contributed by atoms with E-state index in [9.17, 15) is 0 Å². The fourth-order valence-electron chi connectivity index (χ4n) is 2.31. The molecule has 1 atom stereocenters. The monoisotopic (exact) mass is 268 g/mol. The highest BCUT2D eigenvalue weighted by atomic mass is 32.1. The lowest BCUT2D eigenvalue weighted by Crippen LogP contribution is -2.15. The Balaban J connectivity index is 2.02. The number of thiazole rings is 1. The molecule has 0 amide bonds. The van der Waals surface area contributed by atoms with E-state index in [2.05, 4.69) is 19.2 Å². The zero-order valence-corrected chi connectivity index (χ0v) is 12.3. The van der Waals surface area contributed by atoms with Gasteiger partial charge in [0, 0.05) is 23.9 Å². The third-order valence-corrected chi connectivity index (χ3v) is 4.61. The number of ether oxygens (including phenoxy) is 1. The molecule has 1 aromatic rings. The highest BCUT2D eigenvalue weighted by Crippen LogP contribution is 2.31. The summed E-state index contributed by atoms with van der Waals surface area (Å²) in [5.74, 6) is 0.536. The molecule has 0 radical (unpaired) electrons. The van der Waals surface area contributed by atoms with Crippen molar-refractivity contribution in [1.29, 1.82) is 0 Å². The number of nitrogens with one attached hydrogen (secondary N) is 1. The van der Waals surface area contributed by atoms with Gasteiger partial charge in [0.2, 0.25) is 0 Å². The molecule has 1 aliphatic rings. The van der Waals surface area contributed by atoms with E-state index >= 15 is 0 Å². The Hall–Kier alpha value is -0.450. The van der Waals surface area contributed by atoms with Crippen molar-refractivity contribution in [2.24, 2.45) is 0 Å². The van der Waals surface area contributed by atoms with E-state index in [0.29, 0.717) is 5.92 Å². The molecule has 1 unspecified atom stereocenters. The minimum atomic E-state index is 0.536. The summed E-state index contributed by atoms with van der Waals surface area (Å²) in [6.45, 7) is 8.24. The molecule has 0 bridgehead atoms. The van der Waals surface area contributed by atoms with Crippen molar-refractivity contribution < 1.29 is 4.74 Å². The lowest BCUT2D eigenvalue weighted by Gasteiger charge is -2.19. The van der Waals surface area contributed by atoms with Crippen LogP contribution in [0.1, 0.15) is 54.6 Å². The van der Waals surface area contributed by atoms with E-state index in [-0.39, 0.29) is 0 Å². The van der Waals surface area contributed by atoms with Crippen LogP contribution in [0.3, 0.4) is 0 Å². The number of nitrogens with zero attached hydrogens (tertiary/aromatic N) is 1. The van der Waals surface area contributed by atoms with Crippen LogP contribution in [0.5, 0.6) is 0 Å². The first-order valence-electron chi connectivity index (χ1n) is 7.12. The van der Waals surface area contributed by atoms with Crippen molar-refractivity contribution in [3.8, 4) is 0 Å². The summed E-state index contributed by atoms with van der Waals surface area (Å²) >= 11 is 1.89. The maximum absolute atomic E-state index is 5.57. The van der Waals surface area contributed by atoms with Crippen LogP contribution in [0.4, 0.5) is 0 Å². The summed E-state index contributed by atoms with van der Waals surface area (Å²) in [5, 5.41) is 4.77. The lowest BCUT2D eigenvalue weighted by atomic mass is 10.0. The first-order valence-corrected chi connectivity index (χ1v) is 7.93. The molecule has 1 saturated heterocycles. The highest BCUT2D eigenvalue weighted by Gasteiger charge is 2.21. The second-order valence-electron chi connectivity index (χ2n) is 4.87. The van der Waals surface area contributed by atoms with Gasteiger partial charge in [-0.1, -0.05) is 13.8 Å². The second kappa shape index (κ2) is 7.22. The summed E-state index contributed by atoms with van der Waals surface area (Å²) in [7, 11) is 0. The van der Waals surface area contributed by atoms with Crippen molar-refractivity contribution >= 4 is 11.3 Å². The van der Waals surface area contributed by atoms with E-state index < -0.39 is 0 Å². The Morgan fingerprint density at radius 3 is 3.00 bits per heavy atom.